The van der Waals surface area contributed by atoms with Gasteiger partial charge < -0.3 is 0 Å². The van der Waals surface area contributed by atoms with Crippen molar-refractivity contribution in [3.63, 3.8) is 0 Å². The lowest BCUT2D eigenvalue weighted by atomic mass is 10.1. The van der Waals surface area contributed by atoms with Gasteiger partial charge in [0.2, 0.25) is 0 Å². The fourth-order valence-corrected chi connectivity index (χ4v) is 2.72. The molecule has 1 aromatic carbocycles. The standard InChI is InChI=1S/C17H10FN3S/c18-15-5-3-13(4-6-15)16-11-22-17(21-16)14(9-19)8-12-2-1-7-20-10-12/h1-8,10-11H/b14-8+. The maximum Gasteiger partial charge on any atom is 0.134 e. The molecule has 0 atom stereocenters. The van der Waals surface area contributed by atoms with E-state index >= 15 is 0 Å². The first-order valence-corrected chi connectivity index (χ1v) is 7.38. The first kappa shape index (κ1) is 14.1. The van der Waals surface area contributed by atoms with Crippen molar-refractivity contribution in [3.05, 3.63) is 70.6 Å². The Kier molecular flexibility index (Phi) is 4.03. The summed E-state index contributed by atoms with van der Waals surface area (Å²) < 4.78 is 13.0. The van der Waals surface area contributed by atoms with Crippen LogP contribution in [0.25, 0.3) is 22.9 Å². The van der Waals surface area contributed by atoms with Crippen LogP contribution in [0.15, 0.2) is 54.2 Å². The van der Waals surface area contributed by atoms with E-state index < -0.39 is 0 Å². The maximum atomic E-state index is 13.0. The van der Waals surface area contributed by atoms with Gasteiger partial charge >= 0.3 is 0 Å². The predicted octanol–water partition coefficient (Wildman–Crippen LogP) is 4.41. The summed E-state index contributed by atoms with van der Waals surface area (Å²) in [5, 5.41) is 11.8. The number of hydrogen-bond acceptors (Lipinski definition) is 4. The summed E-state index contributed by atoms with van der Waals surface area (Å²) in [6, 6.07) is 12.0. The molecule has 3 aromatic rings. The number of allylic oxidation sites excluding steroid dienone is 1. The van der Waals surface area contributed by atoms with Gasteiger partial charge in [-0.15, -0.1) is 11.3 Å². The van der Waals surface area contributed by atoms with Crippen molar-refractivity contribution in [2.75, 3.05) is 0 Å². The zero-order valence-electron chi connectivity index (χ0n) is 11.4. The van der Waals surface area contributed by atoms with E-state index in [4.69, 9.17) is 0 Å². The molecule has 0 saturated carbocycles. The van der Waals surface area contributed by atoms with E-state index in [1.165, 1.54) is 23.5 Å². The average molecular weight is 307 g/mol. The van der Waals surface area contributed by atoms with Crippen molar-refractivity contribution in [3.8, 4) is 17.3 Å². The van der Waals surface area contributed by atoms with Gasteiger partial charge in [0.1, 0.15) is 16.9 Å². The van der Waals surface area contributed by atoms with Gasteiger partial charge in [0.25, 0.3) is 0 Å². The van der Waals surface area contributed by atoms with Crippen LogP contribution in [0.5, 0.6) is 0 Å². The average Bonchev–Trinajstić information content (AvgIpc) is 3.04. The van der Waals surface area contributed by atoms with Gasteiger partial charge in [0.05, 0.1) is 11.3 Å². The summed E-state index contributed by atoms with van der Waals surface area (Å²) in [5.74, 6) is -0.284. The first-order chi connectivity index (χ1) is 10.8. The zero-order chi connectivity index (χ0) is 15.4. The van der Waals surface area contributed by atoms with Crippen molar-refractivity contribution >= 4 is 23.0 Å². The summed E-state index contributed by atoms with van der Waals surface area (Å²) >= 11 is 1.38. The third-order valence-corrected chi connectivity index (χ3v) is 3.87. The largest absolute Gasteiger partial charge is 0.264 e. The highest BCUT2D eigenvalue weighted by Crippen LogP contribution is 2.27. The van der Waals surface area contributed by atoms with Gasteiger partial charge in [-0.3, -0.25) is 4.98 Å². The molecule has 0 fully saturated rings. The van der Waals surface area contributed by atoms with Gasteiger partial charge in [-0.25, -0.2) is 9.37 Å². The highest BCUT2D eigenvalue weighted by Gasteiger charge is 2.09. The van der Waals surface area contributed by atoms with Crippen LogP contribution in [0, 0.1) is 17.1 Å². The van der Waals surface area contributed by atoms with Gasteiger partial charge in [-0.05, 0) is 42.0 Å². The van der Waals surface area contributed by atoms with E-state index in [9.17, 15) is 9.65 Å². The summed E-state index contributed by atoms with van der Waals surface area (Å²) in [6.45, 7) is 0. The van der Waals surface area contributed by atoms with E-state index in [1.54, 1.807) is 30.6 Å². The molecule has 0 saturated heterocycles. The molecule has 0 N–H and O–H groups in total. The van der Waals surface area contributed by atoms with Gasteiger partial charge in [0, 0.05) is 23.3 Å². The van der Waals surface area contributed by atoms with Crippen LogP contribution in [-0.4, -0.2) is 9.97 Å². The number of nitrogens with zero attached hydrogens (tertiary/aromatic N) is 3. The summed E-state index contributed by atoms with van der Waals surface area (Å²) in [7, 11) is 0. The molecular weight excluding hydrogens is 297 g/mol. The minimum absolute atomic E-state index is 0.284. The van der Waals surface area contributed by atoms with Crippen molar-refractivity contribution in [1.82, 2.24) is 9.97 Å². The molecule has 0 amide bonds. The van der Waals surface area contributed by atoms with Crippen LogP contribution in [-0.2, 0) is 0 Å². The Balaban J connectivity index is 1.94. The third-order valence-electron chi connectivity index (χ3n) is 2.99. The number of pyridine rings is 1. The van der Waals surface area contributed by atoms with Gasteiger partial charge in [-0.2, -0.15) is 5.26 Å². The lowest BCUT2D eigenvalue weighted by molar-refractivity contribution is 0.628. The highest BCUT2D eigenvalue weighted by molar-refractivity contribution is 7.11. The van der Waals surface area contributed by atoms with Crippen molar-refractivity contribution < 1.29 is 4.39 Å². The van der Waals surface area contributed by atoms with Crippen LogP contribution in [0.2, 0.25) is 0 Å². The number of thiazole rings is 1. The first-order valence-electron chi connectivity index (χ1n) is 6.50. The van der Waals surface area contributed by atoms with Gasteiger partial charge in [0.15, 0.2) is 0 Å². The Morgan fingerprint density at radius 1 is 1.23 bits per heavy atom. The Morgan fingerprint density at radius 3 is 2.73 bits per heavy atom. The summed E-state index contributed by atoms with van der Waals surface area (Å²) in [5.41, 5.74) is 2.87. The summed E-state index contributed by atoms with van der Waals surface area (Å²) in [4.78, 5) is 8.48. The molecule has 3 rings (SSSR count). The van der Waals surface area contributed by atoms with E-state index in [2.05, 4.69) is 16.0 Å². The molecule has 2 aromatic heterocycles. The van der Waals surface area contributed by atoms with Crippen LogP contribution >= 0.6 is 11.3 Å². The number of aromatic nitrogens is 2. The molecule has 0 bridgehead atoms. The summed E-state index contributed by atoms with van der Waals surface area (Å²) in [6.07, 6.45) is 5.12. The normalized spacial score (nSPS) is 11.2. The lowest BCUT2D eigenvalue weighted by Gasteiger charge is -1.96. The maximum absolute atomic E-state index is 13.0. The molecule has 106 valence electrons. The zero-order valence-corrected chi connectivity index (χ0v) is 12.2. The molecule has 0 aliphatic rings. The van der Waals surface area contributed by atoms with Crippen LogP contribution in [0.4, 0.5) is 4.39 Å². The van der Waals surface area contributed by atoms with Crippen molar-refractivity contribution in [2.45, 2.75) is 0 Å². The lowest BCUT2D eigenvalue weighted by Crippen LogP contribution is -1.83. The van der Waals surface area contributed by atoms with Crippen molar-refractivity contribution in [2.24, 2.45) is 0 Å². The molecule has 0 spiro atoms. The molecule has 22 heavy (non-hydrogen) atoms. The molecule has 0 aliphatic heterocycles. The highest BCUT2D eigenvalue weighted by atomic mass is 32.1. The monoisotopic (exact) mass is 307 g/mol. The molecule has 0 radical (unpaired) electrons. The Bertz CT molecular complexity index is 846. The second kappa shape index (κ2) is 6.29. The molecule has 2 heterocycles. The Hall–Kier alpha value is -2.84. The fraction of sp³-hybridized carbons (Fsp3) is 0. The van der Waals surface area contributed by atoms with E-state index in [1.807, 2.05) is 17.5 Å². The molecule has 5 heteroatoms. The van der Waals surface area contributed by atoms with Gasteiger partial charge in [-0.1, -0.05) is 6.07 Å². The van der Waals surface area contributed by atoms with E-state index in [0.717, 1.165) is 16.8 Å². The second-order valence-electron chi connectivity index (χ2n) is 4.50. The molecule has 0 aliphatic carbocycles. The van der Waals surface area contributed by atoms with Crippen LogP contribution < -0.4 is 0 Å². The van der Waals surface area contributed by atoms with E-state index in [0.29, 0.717) is 10.6 Å². The molecule has 3 nitrogen and oxygen atoms in total. The van der Waals surface area contributed by atoms with Crippen LogP contribution in [0.3, 0.4) is 0 Å². The minimum Gasteiger partial charge on any atom is -0.264 e. The minimum atomic E-state index is -0.284. The number of benzene rings is 1. The van der Waals surface area contributed by atoms with Crippen LogP contribution in [0.1, 0.15) is 10.6 Å². The topological polar surface area (TPSA) is 49.6 Å². The molecular formula is C17H10FN3S. The predicted molar refractivity (Wildman–Crippen MR) is 85.2 cm³/mol. The Labute approximate surface area is 131 Å². The Morgan fingerprint density at radius 2 is 2.05 bits per heavy atom. The van der Waals surface area contributed by atoms with Crippen molar-refractivity contribution in [1.29, 1.82) is 5.26 Å². The SMILES string of the molecule is N#C/C(=C\c1cccnc1)c1nc(-c2ccc(F)cc2)cs1. The number of hydrogen-bond donors (Lipinski definition) is 0. The third kappa shape index (κ3) is 3.08. The second-order valence-corrected chi connectivity index (χ2v) is 5.36. The number of halogens is 1. The number of nitriles is 1. The van der Waals surface area contributed by atoms with E-state index in [-0.39, 0.29) is 5.82 Å². The molecule has 0 unspecified atom stereocenters. The fourth-order valence-electron chi connectivity index (χ4n) is 1.92. The smallest absolute Gasteiger partial charge is 0.134 e. The number of rotatable bonds is 3. The quantitative estimate of drug-likeness (QED) is 0.673.